The largest absolute Gasteiger partial charge is 0.375 e. The van der Waals surface area contributed by atoms with Crippen molar-refractivity contribution in [1.82, 2.24) is 15.3 Å². The lowest BCUT2D eigenvalue weighted by molar-refractivity contribution is 0.0992. The number of carbonyl (C=O) groups is 2. The van der Waals surface area contributed by atoms with Crippen molar-refractivity contribution in [3.8, 4) is 0 Å². The number of primary amides is 2. The van der Waals surface area contributed by atoms with Crippen LogP contribution in [-0.2, 0) is 11.1 Å². The molecule has 4 fully saturated rings. The second-order valence-corrected chi connectivity index (χ2v) is 17.2. The summed E-state index contributed by atoms with van der Waals surface area (Å²) in [6.45, 7) is 6.17. The maximum Gasteiger partial charge on any atom is 0.252 e. The monoisotopic (exact) mass is 855 g/mol. The van der Waals surface area contributed by atoms with Crippen molar-refractivity contribution in [1.29, 1.82) is 0 Å². The minimum absolute atomic E-state index is 0.155. The van der Waals surface area contributed by atoms with Crippen LogP contribution in [0.3, 0.4) is 0 Å². The predicted octanol–water partition coefficient (Wildman–Crippen LogP) is 8.45. The number of piperidine rings is 1. The predicted molar refractivity (Wildman–Crippen MR) is 258 cm³/mol. The van der Waals surface area contributed by atoms with Crippen molar-refractivity contribution < 1.29 is 9.59 Å². The molecule has 2 aromatic heterocycles. The van der Waals surface area contributed by atoms with E-state index in [4.69, 9.17) is 11.5 Å². The first-order valence-corrected chi connectivity index (χ1v) is 22.5. The third kappa shape index (κ3) is 9.90. The number of pyridine rings is 2. The molecule has 2 saturated heterocycles. The van der Waals surface area contributed by atoms with Crippen LogP contribution in [0.2, 0.25) is 0 Å². The molecule has 13 nitrogen and oxygen atoms in total. The van der Waals surface area contributed by atoms with E-state index in [0.717, 1.165) is 76.3 Å². The minimum atomic E-state index is -0.490. The van der Waals surface area contributed by atoms with Crippen LogP contribution in [-0.4, -0.2) is 61.1 Å². The lowest BCUT2D eigenvalue weighted by atomic mass is 10.0. The van der Waals surface area contributed by atoms with Gasteiger partial charge in [-0.2, -0.15) is 0 Å². The van der Waals surface area contributed by atoms with Crippen molar-refractivity contribution >= 4 is 57.6 Å². The lowest BCUT2D eigenvalue weighted by Crippen LogP contribution is -2.43. The highest BCUT2D eigenvalue weighted by Gasteiger charge is 2.45. The van der Waals surface area contributed by atoms with Gasteiger partial charge in [-0.15, -0.1) is 0 Å². The zero-order chi connectivity index (χ0) is 43.9. The van der Waals surface area contributed by atoms with Gasteiger partial charge in [0.05, 0.1) is 33.6 Å². The Morgan fingerprint density at radius 2 is 0.969 bits per heavy atom. The third-order valence-corrected chi connectivity index (χ3v) is 12.7. The molecular weight excluding hydrogens is 799 g/mol. The molecule has 0 unspecified atom stereocenters. The standard InChI is InChI=1S/C26H29N5O.C25H28N6O/c27-25(32)22-18-28-24(17-23(22)30-26(12-13-26)19-8-3-1-4-9-19)29-20-10-7-11-21(16-20)31-14-5-2-6-15-31;26-24(32)21-17-28-23(16-22(21)30-25(9-10-25)18-5-2-1-3-6-18)29-19-7-4-8-20(15-19)31-13-11-27-12-14-31/h1,3-4,7-11,16-18H,2,5-6,12-15H2,(H2,27,32)(H2,28,29,30);1-8,15-17,27H,9-14H2,(H2,26,32)(H2,28,29,30). The Bertz CT molecular complexity index is 2390. The first kappa shape index (κ1) is 42.2. The number of piperazine rings is 1. The van der Waals surface area contributed by atoms with Crippen LogP contribution in [0, 0.1) is 0 Å². The van der Waals surface area contributed by atoms with Gasteiger partial charge in [-0.3, -0.25) is 9.59 Å². The number of rotatable bonds is 14. The number of nitrogens with zero attached hydrogens (tertiary/aromatic N) is 4. The topological polar surface area (TPSA) is 179 Å². The van der Waals surface area contributed by atoms with E-state index in [1.54, 1.807) is 12.4 Å². The molecule has 6 aromatic rings. The maximum atomic E-state index is 12.1. The Morgan fingerprint density at radius 3 is 1.39 bits per heavy atom. The Morgan fingerprint density at radius 1 is 0.531 bits per heavy atom. The number of benzene rings is 4. The SMILES string of the molecule is NC(=O)c1cnc(Nc2cccc(N3CCCCC3)c2)cc1NC1(c2ccccc2)CC1.NC(=O)c1cnc(Nc2cccc(N3CCNCC3)c2)cc1NC1(c2ccccc2)CC1. The number of aromatic nitrogens is 2. The lowest BCUT2D eigenvalue weighted by Gasteiger charge is -2.29. The van der Waals surface area contributed by atoms with Gasteiger partial charge < -0.3 is 47.9 Å². The second-order valence-electron chi connectivity index (χ2n) is 17.2. The highest BCUT2D eigenvalue weighted by molar-refractivity contribution is 5.99. The highest BCUT2D eigenvalue weighted by atomic mass is 16.1. The first-order valence-electron chi connectivity index (χ1n) is 22.5. The summed E-state index contributed by atoms with van der Waals surface area (Å²) in [6.07, 6.45) is 10.9. The van der Waals surface area contributed by atoms with Crippen molar-refractivity contribution in [2.45, 2.75) is 56.0 Å². The maximum absolute atomic E-state index is 12.1. The fourth-order valence-electron chi connectivity index (χ4n) is 8.83. The smallest absolute Gasteiger partial charge is 0.252 e. The molecule has 328 valence electrons. The summed E-state index contributed by atoms with van der Waals surface area (Å²) in [5.74, 6) is 0.370. The highest BCUT2D eigenvalue weighted by Crippen LogP contribution is 2.50. The minimum Gasteiger partial charge on any atom is -0.375 e. The van der Waals surface area contributed by atoms with Crippen molar-refractivity contribution in [3.63, 3.8) is 0 Å². The van der Waals surface area contributed by atoms with Crippen LogP contribution in [0.25, 0.3) is 0 Å². The quantitative estimate of drug-likeness (QED) is 0.0559. The number of anilines is 8. The van der Waals surface area contributed by atoms with Crippen LogP contribution in [0.5, 0.6) is 0 Å². The summed E-state index contributed by atoms with van der Waals surface area (Å²) >= 11 is 0. The molecule has 4 aliphatic rings. The Hall–Kier alpha value is -7.12. The number of amides is 2. The normalized spacial score (nSPS) is 16.9. The fraction of sp³-hybridized carbons (Fsp3) is 0.294. The van der Waals surface area contributed by atoms with Crippen LogP contribution >= 0.6 is 0 Å². The van der Waals surface area contributed by atoms with Crippen molar-refractivity contribution in [2.24, 2.45) is 11.5 Å². The van der Waals surface area contributed by atoms with E-state index in [1.807, 2.05) is 66.7 Å². The summed E-state index contributed by atoms with van der Waals surface area (Å²) in [4.78, 5) is 37.8. The summed E-state index contributed by atoms with van der Waals surface area (Å²) in [7, 11) is 0. The molecule has 13 heteroatoms. The Kier molecular flexibility index (Phi) is 12.3. The molecule has 2 amide bonds. The van der Waals surface area contributed by atoms with Crippen molar-refractivity contribution in [2.75, 3.05) is 70.3 Å². The number of hydrogen-bond acceptors (Lipinski definition) is 11. The molecule has 0 radical (unpaired) electrons. The van der Waals surface area contributed by atoms with Gasteiger partial charge in [0.25, 0.3) is 11.8 Å². The second kappa shape index (κ2) is 18.7. The van der Waals surface area contributed by atoms with Crippen molar-refractivity contribution in [3.05, 3.63) is 156 Å². The van der Waals surface area contributed by atoms with Gasteiger partial charge in [0.2, 0.25) is 0 Å². The molecule has 0 spiro atoms. The molecule has 2 aliphatic heterocycles. The van der Waals surface area contributed by atoms with E-state index >= 15 is 0 Å². The number of nitrogens with one attached hydrogen (secondary N) is 5. The van der Waals surface area contributed by atoms with E-state index in [1.165, 1.54) is 41.8 Å². The summed E-state index contributed by atoms with van der Waals surface area (Å²) in [5.41, 5.74) is 20.0. The van der Waals surface area contributed by atoms with Gasteiger partial charge in [0.1, 0.15) is 11.6 Å². The summed E-state index contributed by atoms with van der Waals surface area (Å²) in [6, 6.07) is 41.2. The Balaban J connectivity index is 0.000000162. The summed E-state index contributed by atoms with van der Waals surface area (Å²) < 4.78 is 0. The third-order valence-electron chi connectivity index (χ3n) is 12.7. The van der Waals surface area contributed by atoms with Crippen LogP contribution in [0.15, 0.2) is 134 Å². The van der Waals surface area contributed by atoms with Gasteiger partial charge in [-0.05, 0) is 92.5 Å². The molecule has 10 rings (SSSR count). The molecule has 4 heterocycles. The molecule has 9 N–H and O–H groups in total. The number of nitrogens with two attached hydrogens (primary N) is 2. The number of carbonyl (C=O) groups excluding carboxylic acids is 2. The molecule has 4 aromatic carbocycles. The molecule has 0 bridgehead atoms. The average molecular weight is 856 g/mol. The molecular formula is C51H57N11O2. The molecule has 2 aliphatic carbocycles. The molecule has 0 atom stereocenters. The van der Waals surface area contributed by atoms with E-state index in [2.05, 4.69) is 101 Å². The molecule has 64 heavy (non-hydrogen) atoms. The van der Waals surface area contributed by atoms with E-state index in [0.29, 0.717) is 34.1 Å². The van der Waals surface area contributed by atoms with Crippen LogP contribution < -0.4 is 47.9 Å². The van der Waals surface area contributed by atoms with Gasteiger partial charge in [0, 0.05) is 86.5 Å². The molecule has 2 saturated carbocycles. The van der Waals surface area contributed by atoms with E-state index in [-0.39, 0.29) is 11.1 Å². The van der Waals surface area contributed by atoms with Gasteiger partial charge in [-0.25, -0.2) is 9.97 Å². The first-order chi connectivity index (χ1) is 31.3. The fourth-order valence-corrected chi connectivity index (χ4v) is 8.83. The zero-order valence-corrected chi connectivity index (χ0v) is 36.2. The van der Waals surface area contributed by atoms with Crippen LogP contribution in [0.4, 0.5) is 45.8 Å². The zero-order valence-electron chi connectivity index (χ0n) is 36.2. The Labute approximate surface area is 375 Å². The number of hydrogen-bond donors (Lipinski definition) is 7. The summed E-state index contributed by atoms with van der Waals surface area (Å²) in [5, 5.41) is 17.4. The average Bonchev–Trinajstić information content (AvgIpc) is 4.28. The van der Waals surface area contributed by atoms with Gasteiger partial charge in [-0.1, -0.05) is 72.8 Å². The van der Waals surface area contributed by atoms with E-state index in [9.17, 15) is 9.59 Å². The van der Waals surface area contributed by atoms with E-state index < -0.39 is 11.8 Å². The van der Waals surface area contributed by atoms with Gasteiger partial charge in [0.15, 0.2) is 0 Å². The van der Waals surface area contributed by atoms with Crippen LogP contribution in [0.1, 0.15) is 76.8 Å². The van der Waals surface area contributed by atoms with Gasteiger partial charge >= 0.3 is 0 Å².